The first kappa shape index (κ1) is 36.2. The maximum absolute atomic E-state index is 7.79. The molecule has 8 rings (SSSR count). The Bertz CT molecular complexity index is 2550. The molecular formula is C52H42OS2. The van der Waals surface area contributed by atoms with Gasteiger partial charge >= 0.3 is 0 Å². The van der Waals surface area contributed by atoms with Gasteiger partial charge in [-0.2, -0.15) is 0 Å². The number of hydrogen-bond acceptors (Lipinski definition) is 3. The molecule has 0 spiro atoms. The van der Waals surface area contributed by atoms with Gasteiger partial charge in [0.1, 0.15) is 11.5 Å². The molecule has 0 fully saturated rings. The van der Waals surface area contributed by atoms with E-state index in [1.807, 2.05) is 24.3 Å². The van der Waals surface area contributed by atoms with Crippen LogP contribution in [0.2, 0.25) is 0 Å². The second kappa shape index (κ2) is 16.3. The molecule has 0 bridgehead atoms. The number of rotatable bonds is 14. The number of hydrogen-bond donors (Lipinski definition) is 0. The predicted molar refractivity (Wildman–Crippen MR) is 240 cm³/mol. The molecule has 8 aromatic rings. The van der Waals surface area contributed by atoms with Crippen molar-refractivity contribution in [3.05, 3.63) is 206 Å². The normalized spacial score (nSPS) is 11.3. The molecule has 0 saturated heterocycles. The standard InChI is InChI=1S/C52H42OS2/c1-5-19-37-39-27-15-17-29-41(39)43(21-7-3)49-45(37)31-33-47(54-35-23-11-9-12-24-35)51(49)53-52-48(55-36-25-13-10-14-26-36)34-32-46-38(20-6-2)40-28-16-18-30-42(40)44(22-8-4)50(46)52/h5-18,23-34H,1-4,19-22H2. The molecule has 0 aliphatic rings. The van der Waals surface area contributed by atoms with Crippen molar-refractivity contribution in [3.63, 3.8) is 0 Å². The molecule has 0 aliphatic heterocycles. The summed E-state index contributed by atoms with van der Waals surface area (Å²) >= 11 is 3.47. The van der Waals surface area contributed by atoms with Crippen LogP contribution in [0.1, 0.15) is 22.3 Å². The van der Waals surface area contributed by atoms with Crippen LogP contribution in [0.4, 0.5) is 0 Å². The van der Waals surface area contributed by atoms with E-state index in [1.54, 1.807) is 23.5 Å². The Hall–Kier alpha value is -5.74. The second-order valence-corrected chi connectivity index (χ2v) is 15.8. The largest absolute Gasteiger partial charge is 0.454 e. The molecule has 0 aliphatic carbocycles. The third-order valence-corrected chi connectivity index (χ3v) is 12.3. The van der Waals surface area contributed by atoms with Gasteiger partial charge in [0, 0.05) is 20.6 Å². The van der Waals surface area contributed by atoms with Gasteiger partial charge in [-0.3, -0.25) is 0 Å². The van der Waals surface area contributed by atoms with E-state index < -0.39 is 0 Å². The smallest absolute Gasteiger partial charge is 0.149 e. The molecule has 0 radical (unpaired) electrons. The summed E-state index contributed by atoms with van der Waals surface area (Å²) in [5.41, 5.74) is 4.91. The average molecular weight is 747 g/mol. The molecule has 0 heterocycles. The third-order valence-electron chi connectivity index (χ3n) is 10.2. The van der Waals surface area contributed by atoms with E-state index in [-0.39, 0.29) is 0 Å². The van der Waals surface area contributed by atoms with Crippen molar-refractivity contribution in [1.82, 2.24) is 0 Å². The zero-order valence-electron chi connectivity index (χ0n) is 30.9. The van der Waals surface area contributed by atoms with Crippen LogP contribution < -0.4 is 4.74 Å². The Morgan fingerprint density at radius 1 is 0.364 bits per heavy atom. The van der Waals surface area contributed by atoms with E-state index in [9.17, 15) is 0 Å². The van der Waals surface area contributed by atoms with Crippen LogP contribution in [0.5, 0.6) is 11.5 Å². The lowest BCUT2D eigenvalue weighted by Gasteiger charge is -2.24. The number of ether oxygens (including phenoxy) is 1. The van der Waals surface area contributed by atoms with E-state index in [0.29, 0.717) is 12.8 Å². The van der Waals surface area contributed by atoms with E-state index in [2.05, 4.69) is 160 Å². The first-order valence-electron chi connectivity index (χ1n) is 18.7. The fourth-order valence-corrected chi connectivity index (χ4v) is 9.78. The molecule has 55 heavy (non-hydrogen) atoms. The zero-order chi connectivity index (χ0) is 37.7. The van der Waals surface area contributed by atoms with Crippen LogP contribution in [-0.4, -0.2) is 0 Å². The third kappa shape index (κ3) is 6.91. The maximum Gasteiger partial charge on any atom is 0.149 e. The SMILES string of the molecule is C=CCc1c2ccccc2c(CC=C)c2c(Oc3c(Sc4ccccc4)ccc4c(CC=C)c5ccccc5c(CC=C)c34)c(Sc3ccccc3)ccc12. The minimum absolute atomic E-state index is 0.693. The highest BCUT2D eigenvalue weighted by atomic mass is 32.2. The van der Waals surface area contributed by atoms with Crippen LogP contribution in [0.3, 0.4) is 0 Å². The van der Waals surface area contributed by atoms with Gasteiger partial charge in [-0.1, -0.05) is 145 Å². The van der Waals surface area contributed by atoms with Crippen molar-refractivity contribution >= 4 is 66.6 Å². The Kier molecular flexibility index (Phi) is 10.8. The Morgan fingerprint density at radius 3 is 1.05 bits per heavy atom. The summed E-state index contributed by atoms with van der Waals surface area (Å²) in [6, 6.07) is 47.7. The highest BCUT2D eigenvalue weighted by Crippen LogP contribution is 2.51. The molecule has 0 N–H and O–H groups in total. The molecule has 0 amide bonds. The number of allylic oxidation sites excluding steroid dienone is 4. The lowest BCUT2D eigenvalue weighted by atomic mass is 9.88. The Balaban J connectivity index is 1.53. The molecule has 0 saturated carbocycles. The quantitative estimate of drug-likeness (QED) is 0.0810. The summed E-state index contributed by atoms with van der Waals surface area (Å²) in [7, 11) is 0. The molecule has 3 heteroatoms. The minimum Gasteiger partial charge on any atom is -0.454 e. The van der Waals surface area contributed by atoms with Gasteiger partial charge in [0.25, 0.3) is 0 Å². The van der Waals surface area contributed by atoms with Crippen LogP contribution in [0.25, 0.3) is 43.1 Å². The van der Waals surface area contributed by atoms with E-state index in [1.165, 1.54) is 54.6 Å². The van der Waals surface area contributed by atoms with Crippen molar-refractivity contribution in [3.8, 4) is 11.5 Å². The predicted octanol–water partition coefficient (Wildman–Crippen LogP) is 15.3. The van der Waals surface area contributed by atoms with Gasteiger partial charge < -0.3 is 4.74 Å². The molecule has 1 nitrogen and oxygen atoms in total. The van der Waals surface area contributed by atoms with Crippen molar-refractivity contribution < 1.29 is 4.74 Å². The van der Waals surface area contributed by atoms with Gasteiger partial charge in [-0.15, -0.1) is 26.3 Å². The highest BCUT2D eigenvalue weighted by molar-refractivity contribution is 7.99. The Labute approximate surface area is 332 Å². The summed E-state index contributed by atoms with van der Waals surface area (Å²) in [5.74, 6) is 1.70. The van der Waals surface area contributed by atoms with Gasteiger partial charge in [-0.25, -0.2) is 0 Å². The highest BCUT2D eigenvalue weighted by Gasteiger charge is 2.25. The first-order valence-corrected chi connectivity index (χ1v) is 20.3. The fourth-order valence-electron chi connectivity index (χ4n) is 7.95. The van der Waals surface area contributed by atoms with E-state index >= 15 is 0 Å². The molecular weight excluding hydrogens is 705 g/mol. The van der Waals surface area contributed by atoms with Gasteiger partial charge in [0.2, 0.25) is 0 Å². The summed E-state index contributed by atoms with van der Waals surface area (Å²) in [6.07, 6.45) is 10.9. The van der Waals surface area contributed by atoms with E-state index in [0.717, 1.165) is 54.7 Å². The van der Waals surface area contributed by atoms with Crippen molar-refractivity contribution in [2.24, 2.45) is 0 Å². The van der Waals surface area contributed by atoms with Crippen molar-refractivity contribution in [2.45, 2.75) is 45.3 Å². The summed E-state index contributed by atoms with van der Waals surface area (Å²) < 4.78 is 7.79. The van der Waals surface area contributed by atoms with Gasteiger partial charge in [0.05, 0.1) is 9.79 Å². The van der Waals surface area contributed by atoms with Gasteiger partial charge in [-0.05, 0) is 117 Å². The van der Waals surface area contributed by atoms with Gasteiger partial charge in [0.15, 0.2) is 0 Å². The summed E-state index contributed by atoms with van der Waals surface area (Å²) in [5, 5.41) is 9.46. The lowest BCUT2D eigenvalue weighted by molar-refractivity contribution is 0.471. The van der Waals surface area contributed by atoms with Crippen molar-refractivity contribution in [2.75, 3.05) is 0 Å². The zero-order valence-corrected chi connectivity index (χ0v) is 32.5. The monoisotopic (exact) mass is 746 g/mol. The average Bonchev–Trinajstić information content (AvgIpc) is 3.22. The molecule has 0 aromatic heterocycles. The molecule has 0 unspecified atom stereocenters. The second-order valence-electron chi connectivity index (χ2n) is 13.5. The molecule has 0 atom stereocenters. The number of fused-ring (bicyclic) bond motifs is 4. The lowest BCUT2D eigenvalue weighted by Crippen LogP contribution is -2.01. The van der Waals surface area contributed by atoms with Crippen LogP contribution in [-0.2, 0) is 25.7 Å². The fraction of sp³-hybridized carbons (Fsp3) is 0.0769. The molecule has 268 valence electrons. The van der Waals surface area contributed by atoms with Crippen LogP contribution >= 0.6 is 23.5 Å². The molecule has 8 aromatic carbocycles. The van der Waals surface area contributed by atoms with Crippen LogP contribution in [0.15, 0.2) is 204 Å². The van der Waals surface area contributed by atoms with Crippen LogP contribution in [0, 0.1) is 0 Å². The maximum atomic E-state index is 7.79. The summed E-state index contributed by atoms with van der Waals surface area (Å²) in [4.78, 5) is 4.39. The topological polar surface area (TPSA) is 9.23 Å². The van der Waals surface area contributed by atoms with Crippen molar-refractivity contribution in [1.29, 1.82) is 0 Å². The number of benzene rings is 8. The summed E-state index contributed by atoms with van der Waals surface area (Å²) in [6.45, 7) is 16.8. The first-order chi connectivity index (χ1) is 27.1. The minimum atomic E-state index is 0.693. The van der Waals surface area contributed by atoms with E-state index in [4.69, 9.17) is 4.74 Å². The Morgan fingerprint density at radius 2 is 0.691 bits per heavy atom.